The zero-order valence-electron chi connectivity index (χ0n) is 13.4. The van der Waals surface area contributed by atoms with Gasteiger partial charge < -0.3 is 5.32 Å². The van der Waals surface area contributed by atoms with Gasteiger partial charge in [0.2, 0.25) is 0 Å². The standard InChI is InChI=1S/C18H18N4S/c1-11(2)18-22-16(10-23-18)12(3)21-17-13(8-19)9-20-15-7-5-4-6-14(15)17/h4-7,9-12H,1-3H3,(H,20,21). The van der Waals surface area contributed by atoms with Gasteiger partial charge >= 0.3 is 0 Å². The van der Waals surface area contributed by atoms with E-state index >= 15 is 0 Å². The minimum absolute atomic E-state index is 0.0247. The summed E-state index contributed by atoms with van der Waals surface area (Å²) in [5, 5.41) is 17.0. The lowest BCUT2D eigenvalue weighted by molar-refractivity contribution is 0.802. The lowest BCUT2D eigenvalue weighted by Crippen LogP contribution is -2.09. The predicted molar refractivity (Wildman–Crippen MR) is 94.7 cm³/mol. The van der Waals surface area contributed by atoms with Crippen LogP contribution in [0.5, 0.6) is 0 Å². The highest BCUT2D eigenvalue weighted by Crippen LogP contribution is 2.30. The summed E-state index contributed by atoms with van der Waals surface area (Å²) in [4.78, 5) is 9.04. The summed E-state index contributed by atoms with van der Waals surface area (Å²) in [5.74, 6) is 0.428. The molecule has 0 saturated carbocycles. The molecule has 0 fully saturated rings. The average Bonchev–Trinajstić information content (AvgIpc) is 3.05. The maximum absolute atomic E-state index is 9.39. The Morgan fingerprint density at radius 2 is 2.00 bits per heavy atom. The summed E-state index contributed by atoms with van der Waals surface area (Å²) in [5.41, 5.74) is 3.25. The number of pyridine rings is 1. The second kappa shape index (κ2) is 6.35. The monoisotopic (exact) mass is 322 g/mol. The van der Waals surface area contributed by atoms with Crippen molar-refractivity contribution >= 4 is 27.9 Å². The molecule has 23 heavy (non-hydrogen) atoms. The van der Waals surface area contributed by atoms with Crippen LogP contribution in [0.2, 0.25) is 0 Å². The average molecular weight is 322 g/mol. The number of aromatic nitrogens is 2. The number of thiazole rings is 1. The van der Waals surface area contributed by atoms with Crippen LogP contribution in [-0.2, 0) is 0 Å². The van der Waals surface area contributed by atoms with Crippen molar-refractivity contribution in [2.75, 3.05) is 5.32 Å². The summed E-state index contributed by atoms with van der Waals surface area (Å²) >= 11 is 1.68. The maximum Gasteiger partial charge on any atom is 0.103 e. The number of anilines is 1. The zero-order valence-corrected chi connectivity index (χ0v) is 14.2. The molecule has 0 aliphatic carbocycles. The van der Waals surface area contributed by atoms with Gasteiger partial charge in [0.05, 0.1) is 33.5 Å². The van der Waals surface area contributed by atoms with E-state index in [1.807, 2.05) is 24.3 Å². The molecule has 1 unspecified atom stereocenters. The molecule has 2 heterocycles. The third-order valence-corrected chi connectivity index (χ3v) is 4.90. The highest BCUT2D eigenvalue weighted by atomic mass is 32.1. The normalized spacial score (nSPS) is 12.3. The first-order chi connectivity index (χ1) is 11.1. The van der Waals surface area contributed by atoms with Gasteiger partial charge in [-0.05, 0) is 13.0 Å². The zero-order chi connectivity index (χ0) is 16.4. The predicted octanol–water partition coefficient (Wildman–Crippen LogP) is 4.86. The second-order valence-corrected chi connectivity index (χ2v) is 6.70. The van der Waals surface area contributed by atoms with E-state index in [-0.39, 0.29) is 6.04 Å². The Balaban J connectivity index is 1.98. The fourth-order valence-electron chi connectivity index (χ4n) is 2.44. The van der Waals surface area contributed by atoms with E-state index in [4.69, 9.17) is 4.98 Å². The fourth-order valence-corrected chi connectivity index (χ4v) is 3.37. The number of hydrogen-bond donors (Lipinski definition) is 1. The molecule has 0 bridgehead atoms. The molecule has 1 aromatic carbocycles. The van der Waals surface area contributed by atoms with Gasteiger partial charge in [-0.2, -0.15) is 5.26 Å². The first-order valence-corrected chi connectivity index (χ1v) is 8.47. The first kappa shape index (κ1) is 15.4. The van der Waals surface area contributed by atoms with Crippen molar-refractivity contribution in [2.24, 2.45) is 0 Å². The number of nitrogens with zero attached hydrogens (tertiary/aromatic N) is 3. The first-order valence-electron chi connectivity index (χ1n) is 7.60. The molecule has 5 heteroatoms. The Kier molecular flexibility index (Phi) is 4.26. The molecule has 0 aliphatic rings. The number of fused-ring (bicyclic) bond motifs is 1. The van der Waals surface area contributed by atoms with Crippen LogP contribution in [0.3, 0.4) is 0 Å². The molecule has 2 aromatic heterocycles. The summed E-state index contributed by atoms with van der Waals surface area (Å²) in [6, 6.07) is 10.1. The largest absolute Gasteiger partial charge is 0.375 e. The van der Waals surface area contributed by atoms with Gasteiger partial charge in [0.1, 0.15) is 6.07 Å². The maximum atomic E-state index is 9.39. The van der Waals surface area contributed by atoms with Crippen LogP contribution in [-0.4, -0.2) is 9.97 Å². The van der Waals surface area contributed by atoms with E-state index in [2.05, 4.69) is 42.5 Å². The smallest absolute Gasteiger partial charge is 0.103 e. The van der Waals surface area contributed by atoms with Gasteiger partial charge in [-0.1, -0.05) is 32.0 Å². The molecule has 1 atom stereocenters. The summed E-state index contributed by atoms with van der Waals surface area (Å²) in [6.07, 6.45) is 1.62. The number of nitriles is 1. The minimum Gasteiger partial charge on any atom is -0.375 e. The topological polar surface area (TPSA) is 61.6 Å². The molecule has 0 amide bonds. The van der Waals surface area contributed by atoms with Gasteiger partial charge in [0, 0.05) is 22.9 Å². The highest BCUT2D eigenvalue weighted by molar-refractivity contribution is 7.09. The lowest BCUT2D eigenvalue weighted by atomic mass is 10.1. The minimum atomic E-state index is 0.0247. The van der Waals surface area contributed by atoms with Crippen molar-refractivity contribution in [3.63, 3.8) is 0 Å². The van der Waals surface area contributed by atoms with Crippen LogP contribution >= 0.6 is 11.3 Å². The lowest BCUT2D eigenvalue weighted by Gasteiger charge is -2.16. The SMILES string of the molecule is CC(C)c1nc(C(C)Nc2c(C#N)cnc3ccccc23)cs1. The van der Waals surface area contributed by atoms with Gasteiger partial charge in [0.25, 0.3) is 0 Å². The van der Waals surface area contributed by atoms with Crippen molar-refractivity contribution < 1.29 is 0 Å². The van der Waals surface area contributed by atoms with E-state index in [0.717, 1.165) is 27.3 Å². The van der Waals surface area contributed by atoms with Crippen LogP contribution in [0.4, 0.5) is 5.69 Å². The number of hydrogen-bond acceptors (Lipinski definition) is 5. The Bertz CT molecular complexity index is 876. The van der Waals surface area contributed by atoms with Crippen LogP contribution < -0.4 is 5.32 Å². The van der Waals surface area contributed by atoms with E-state index in [9.17, 15) is 5.26 Å². The van der Waals surface area contributed by atoms with Crippen molar-refractivity contribution in [2.45, 2.75) is 32.7 Å². The Labute approximate surface area is 139 Å². The third-order valence-electron chi connectivity index (χ3n) is 3.73. The highest BCUT2D eigenvalue weighted by Gasteiger charge is 2.15. The molecular weight excluding hydrogens is 304 g/mol. The van der Waals surface area contributed by atoms with Crippen LogP contribution in [0.15, 0.2) is 35.8 Å². The van der Waals surface area contributed by atoms with Gasteiger partial charge in [0.15, 0.2) is 0 Å². The number of benzene rings is 1. The number of para-hydroxylation sites is 1. The summed E-state index contributed by atoms with van der Waals surface area (Å²) in [6.45, 7) is 6.35. The van der Waals surface area contributed by atoms with Crippen molar-refractivity contribution in [1.82, 2.24) is 9.97 Å². The molecule has 1 N–H and O–H groups in total. The molecule has 3 aromatic rings. The van der Waals surface area contributed by atoms with Crippen LogP contribution in [0.1, 0.15) is 49.0 Å². The van der Waals surface area contributed by atoms with Crippen molar-refractivity contribution in [3.05, 3.63) is 52.1 Å². The van der Waals surface area contributed by atoms with Gasteiger partial charge in [-0.25, -0.2) is 4.98 Å². The fraction of sp³-hybridized carbons (Fsp3) is 0.278. The molecule has 3 rings (SSSR count). The van der Waals surface area contributed by atoms with Crippen LogP contribution in [0.25, 0.3) is 10.9 Å². The van der Waals surface area contributed by atoms with E-state index in [0.29, 0.717) is 11.5 Å². The number of rotatable bonds is 4. The van der Waals surface area contributed by atoms with Gasteiger partial charge in [-0.3, -0.25) is 4.98 Å². The molecule has 4 nitrogen and oxygen atoms in total. The molecule has 0 saturated heterocycles. The number of nitrogens with one attached hydrogen (secondary N) is 1. The Morgan fingerprint density at radius 3 is 2.70 bits per heavy atom. The molecule has 0 radical (unpaired) electrons. The van der Waals surface area contributed by atoms with Gasteiger partial charge in [-0.15, -0.1) is 11.3 Å². The Morgan fingerprint density at radius 1 is 1.22 bits per heavy atom. The van der Waals surface area contributed by atoms with E-state index < -0.39 is 0 Å². The summed E-state index contributed by atoms with van der Waals surface area (Å²) in [7, 11) is 0. The van der Waals surface area contributed by atoms with E-state index in [1.165, 1.54) is 0 Å². The molecule has 116 valence electrons. The second-order valence-electron chi connectivity index (χ2n) is 5.81. The Hall–Kier alpha value is -2.45. The molecule has 0 aliphatic heterocycles. The van der Waals surface area contributed by atoms with E-state index in [1.54, 1.807) is 17.5 Å². The third kappa shape index (κ3) is 3.03. The molecule has 0 spiro atoms. The quantitative estimate of drug-likeness (QED) is 0.745. The van der Waals surface area contributed by atoms with Crippen molar-refractivity contribution in [1.29, 1.82) is 5.26 Å². The van der Waals surface area contributed by atoms with Crippen LogP contribution in [0, 0.1) is 11.3 Å². The summed E-state index contributed by atoms with van der Waals surface area (Å²) < 4.78 is 0. The van der Waals surface area contributed by atoms with Crippen molar-refractivity contribution in [3.8, 4) is 6.07 Å². The molecular formula is C18H18N4S.